The average molecular weight is 229 g/mol. The van der Waals surface area contributed by atoms with Gasteiger partial charge in [-0.25, -0.2) is 0 Å². The van der Waals surface area contributed by atoms with Crippen molar-refractivity contribution in [3.8, 4) is 0 Å². The van der Waals surface area contributed by atoms with Gasteiger partial charge in [-0.05, 0) is 33.5 Å². The second-order valence-corrected chi connectivity index (χ2v) is 4.98. The molecule has 0 N–H and O–H groups in total. The summed E-state index contributed by atoms with van der Waals surface area (Å²) in [5.41, 5.74) is 0. The molecular formula is C14H31NO. The van der Waals surface area contributed by atoms with E-state index in [0.717, 1.165) is 6.61 Å². The van der Waals surface area contributed by atoms with Crippen LogP contribution in [0, 0.1) is 0 Å². The summed E-state index contributed by atoms with van der Waals surface area (Å²) in [6, 6.07) is 0. The maximum absolute atomic E-state index is 5.03. The Bertz CT molecular complexity index is 126. The smallest absolute Gasteiger partial charge is 0.0462 e. The summed E-state index contributed by atoms with van der Waals surface area (Å²) in [5, 5.41) is 0. The average Bonchev–Trinajstić information content (AvgIpc) is 2.25. The van der Waals surface area contributed by atoms with Gasteiger partial charge in [0.2, 0.25) is 0 Å². The van der Waals surface area contributed by atoms with Gasteiger partial charge in [0.25, 0.3) is 0 Å². The molecule has 0 heterocycles. The molecule has 2 heteroatoms. The highest BCUT2D eigenvalue weighted by Crippen LogP contribution is 2.09. The molecule has 0 fully saturated rings. The maximum Gasteiger partial charge on any atom is 0.0462 e. The third-order valence-electron chi connectivity index (χ3n) is 2.95. The molecular weight excluding hydrogens is 198 g/mol. The third kappa shape index (κ3) is 13.9. The molecule has 0 aromatic carbocycles. The highest BCUT2D eigenvalue weighted by atomic mass is 16.5. The van der Waals surface area contributed by atoms with Crippen molar-refractivity contribution in [3.05, 3.63) is 0 Å². The van der Waals surface area contributed by atoms with Gasteiger partial charge in [-0.2, -0.15) is 0 Å². The molecule has 98 valence electrons. The molecule has 0 saturated carbocycles. The summed E-state index contributed by atoms with van der Waals surface area (Å²) in [4.78, 5) is 2.27. The van der Waals surface area contributed by atoms with Crippen molar-refractivity contribution in [2.24, 2.45) is 0 Å². The van der Waals surface area contributed by atoms with Crippen molar-refractivity contribution in [1.29, 1.82) is 0 Å². The van der Waals surface area contributed by atoms with Crippen LogP contribution in [0.2, 0.25) is 0 Å². The molecule has 0 atom stereocenters. The monoisotopic (exact) mass is 229 g/mol. The summed E-state index contributed by atoms with van der Waals surface area (Å²) < 4.78 is 5.03. The second-order valence-electron chi connectivity index (χ2n) is 4.98. The van der Waals surface area contributed by atoms with Gasteiger partial charge in [0.05, 0.1) is 0 Å². The minimum absolute atomic E-state index is 0.935. The molecule has 0 aromatic heterocycles. The van der Waals surface area contributed by atoms with Gasteiger partial charge in [-0.15, -0.1) is 0 Å². The Morgan fingerprint density at radius 3 is 1.56 bits per heavy atom. The summed E-state index contributed by atoms with van der Waals surface area (Å²) >= 11 is 0. The Balaban J connectivity index is 2.88. The van der Waals surface area contributed by atoms with Crippen molar-refractivity contribution in [1.82, 2.24) is 4.90 Å². The quantitative estimate of drug-likeness (QED) is 0.473. The first-order valence-corrected chi connectivity index (χ1v) is 6.91. The van der Waals surface area contributed by atoms with Crippen molar-refractivity contribution in [2.75, 3.05) is 34.4 Å². The standard InChI is InChI=1S/C14H31NO/c1-15(2)13-11-9-7-5-4-6-8-10-12-14-16-3/h4-14H2,1-3H3. The Morgan fingerprint density at radius 2 is 1.12 bits per heavy atom. The van der Waals surface area contributed by atoms with Gasteiger partial charge in [-0.1, -0.05) is 44.9 Å². The predicted octanol–water partition coefficient (Wildman–Crippen LogP) is 3.71. The van der Waals surface area contributed by atoms with E-state index in [0.29, 0.717) is 0 Å². The zero-order valence-electron chi connectivity index (χ0n) is 11.6. The lowest BCUT2D eigenvalue weighted by atomic mass is 10.1. The van der Waals surface area contributed by atoms with Crippen LogP contribution in [0.3, 0.4) is 0 Å². The number of unbranched alkanes of at least 4 members (excludes halogenated alkanes) is 8. The van der Waals surface area contributed by atoms with Gasteiger partial charge >= 0.3 is 0 Å². The molecule has 0 aliphatic rings. The molecule has 0 spiro atoms. The summed E-state index contributed by atoms with van der Waals surface area (Å²) in [6.45, 7) is 2.18. The van der Waals surface area contributed by atoms with Crippen LogP contribution in [0.15, 0.2) is 0 Å². The number of nitrogens with zero attached hydrogens (tertiary/aromatic N) is 1. The van der Waals surface area contributed by atoms with Crippen LogP contribution < -0.4 is 0 Å². The van der Waals surface area contributed by atoms with E-state index in [1.165, 1.54) is 64.3 Å². The Hall–Kier alpha value is -0.0800. The topological polar surface area (TPSA) is 12.5 Å². The Morgan fingerprint density at radius 1 is 0.688 bits per heavy atom. The van der Waals surface area contributed by atoms with E-state index in [9.17, 15) is 0 Å². The first-order valence-electron chi connectivity index (χ1n) is 6.91. The van der Waals surface area contributed by atoms with Crippen molar-refractivity contribution in [3.63, 3.8) is 0 Å². The van der Waals surface area contributed by atoms with Crippen LogP contribution in [0.1, 0.15) is 57.8 Å². The minimum Gasteiger partial charge on any atom is -0.385 e. The molecule has 0 aliphatic carbocycles. The second kappa shape index (κ2) is 13.0. The van der Waals surface area contributed by atoms with Gasteiger partial charge < -0.3 is 9.64 Å². The predicted molar refractivity (Wildman–Crippen MR) is 72.0 cm³/mol. The summed E-state index contributed by atoms with van der Waals surface area (Å²) in [6.07, 6.45) is 12.4. The van der Waals surface area contributed by atoms with E-state index >= 15 is 0 Å². The number of ether oxygens (including phenoxy) is 1. The van der Waals surface area contributed by atoms with Crippen LogP contribution in [0.25, 0.3) is 0 Å². The fraction of sp³-hybridized carbons (Fsp3) is 1.00. The lowest BCUT2D eigenvalue weighted by Gasteiger charge is -2.08. The van der Waals surface area contributed by atoms with E-state index in [4.69, 9.17) is 4.74 Å². The molecule has 2 nitrogen and oxygen atoms in total. The van der Waals surface area contributed by atoms with Gasteiger partial charge in [0, 0.05) is 13.7 Å². The molecule has 16 heavy (non-hydrogen) atoms. The van der Waals surface area contributed by atoms with Gasteiger partial charge in [0.1, 0.15) is 0 Å². The Kier molecular flexibility index (Phi) is 12.9. The van der Waals surface area contributed by atoms with E-state index in [-0.39, 0.29) is 0 Å². The van der Waals surface area contributed by atoms with Crippen molar-refractivity contribution >= 4 is 0 Å². The molecule has 0 rings (SSSR count). The number of hydrogen-bond acceptors (Lipinski definition) is 2. The third-order valence-corrected chi connectivity index (χ3v) is 2.95. The first kappa shape index (κ1) is 15.9. The van der Waals surface area contributed by atoms with Crippen LogP contribution in [-0.2, 0) is 4.74 Å². The normalized spacial score (nSPS) is 11.2. The largest absolute Gasteiger partial charge is 0.385 e. The molecule has 0 bridgehead atoms. The van der Waals surface area contributed by atoms with Crippen LogP contribution >= 0.6 is 0 Å². The molecule has 0 aliphatic heterocycles. The Labute approximate surface area is 102 Å². The highest BCUT2D eigenvalue weighted by molar-refractivity contribution is 4.49. The van der Waals surface area contributed by atoms with Crippen molar-refractivity contribution in [2.45, 2.75) is 57.8 Å². The molecule has 0 amide bonds. The van der Waals surface area contributed by atoms with Gasteiger partial charge in [0.15, 0.2) is 0 Å². The lowest BCUT2D eigenvalue weighted by molar-refractivity contribution is 0.192. The van der Waals surface area contributed by atoms with Crippen LogP contribution in [0.5, 0.6) is 0 Å². The number of methoxy groups -OCH3 is 1. The molecule has 0 saturated heterocycles. The minimum atomic E-state index is 0.935. The van der Waals surface area contributed by atoms with Crippen LogP contribution in [-0.4, -0.2) is 39.3 Å². The zero-order valence-corrected chi connectivity index (χ0v) is 11.6. The number of hydrogen-bond donors (Lipinski definition) is 0. The maximum atomic E-state index is 5.03. The van der Waals surface area contributed by atoms with E-state index in [2.05, 4.69) is 19.0 Å². The number of rotatable bonds is 12. The van der Waals surface area contributed by atoms with E-state index in [1.807, 2.05) is 0 Å². The van der Waals surface area contributed by atoms with Crippen LogP contribution in [0.4, 0.5) is 0 Å². The lowest BCUT2D eigenvalue weighted by Crippen LogP contribution is -2.12. The molecule has 0 aromatic rings. The zero-order chi connectivity index (χ0) is 12.1. The fourth-order valence-electron chi connectivity index (χ4n) is 1.91. The summed E-state index contributed by atoms with van der Waals surface area (Å²) in [7, 11) is 6.09. The molecule has 0 unspecified atom stereocenters. The first-order chi connectivity index (χ1) is 7.77. The molecule has 0 radical (unpaired) electrons. The van der Waals surface area contributed by atoms with Gasteiger partial charge in [-0.3, -0.25) is 0 Å². The highest BCUT2D eigenvalue weighted by Gasteiger charge is 1.93. The van der Waals surface area contributed by atoms with Crippen molar-refractivity contribution < 1.29 is 4.74 Å². The van der Waals surface area contributed by atoms with E-state index in [1.54, 1.807) is 7.11 Å². The van der Waals surface area contributed by atoms with E-state index < -0.39 is 0 Å². The summed E-state index contributed by atoms with van der Waals surface area (Å²) in [5.74, 6) is 0. The fourth-order valence-corrected chi connectivity index (χ4v) is 1.91. The SMILES string of the molecule is COCCCCCCCCCCCN(C)C.